The van der Waals surface area contributed by atoms with Crippen molar-refractivity contribution in [2.45, 2.75) is 44.8 Å². The molecule has 0 heterocycles. The Morgan fingerprint density at radius 2 is 2.15 bits per heavy atom. The van der Waals surface area contributed by atoms with Crippen molar-refractivity contribution in [2.75, 3.05) is 6.54 Å². The van der Waals surface area contributed by atoms with Crippen LogP contribution in [0.2, 0.25) is 0 Å². The first kappa shape index (κ1) is 15.0. The number of nitriles is 1. The zero-order chi connectivity index (χ0) is 14.6. The molecule has 0 saturated heterocycles. The molecule has 0 unspecified atom stereocenters. The fraction of sp³-hybridized carbons (Fsp3) is 0.562. The van der Waals surface area contributed by atoms with E-state index < -0.39 is 11.4 Å². The maximum absolute atomic E-state index is 13.9. The second-order valence-corrected chi connectivity index (χ2v) is 5.90. The van der Waals surface area contributed by atoms with Crippen molar-refractivity contribution < 1.29 is 9.50 Å². The van der Waals surface area contributed by atoms with Gasteiger partial charge in [-0.15, -0.1) is 0 Å². The topological polar surface area (TPSA) is 56.0 Å². The van der Waals surface area contributed by atoms with E-state index in [-0.39, 0.29) is 5.56 Å². The smallest absolute Gasteiger partial charge is 0.145 e. The van der Waals surface area contributed by atoms with Crippen LogP contribution in [-0.4, -0.2) is 17.3 Å². The van der Waals surface area contributed by atoms with E-state index in [4.69, 9.17) is 5.26 Å². The molecule has 2 rings (SSSR count). The van der Waals surface area contributed by atoms with Crippen molar-refractivity contribution in [2.24, 2.45) is 5.92 Å². The molecule has 0 bridgehead atoms. The highest BCUT2D eigenvalue weighted by molar-refractivity contribution is 5.34. The summed E-state index contributed by atoms with van der Waals surface area (Å²) in [5.41, 5.74) is -0.137. The monoisotopic (exact) mass is 276 g/mol. The van der Waals surface area contributed by atoms with Gasteiger partial charge in [0, 0.05) is 18.7 Å². The second kappa shape index (κ2) is 6.34. The van der Waals surface area contributed by atoms with Crippen LogP contribution in [0.3, 0.4) is 0 Å². The number of nitrogens with zero attached hydrogens (tertiary/aromatic N) is 1. The number of halogens is 1. The Kier molecular flexibility index (Phi) is 4.74. The quantitative estimate of drug-likeness (QED) is 0.889. The van der Waals surface area contributed by atoms with Crippen LogP contribution in [0.25, 0.3) is 0 Å². The van der Waals surface area contributed by atoms with Crippen LogP contribution in [0, 0.1) is 23.1 Å². The molecule has 1 aliphatic rings. The molecule has 1 aliphatic carbocycles. The van der Waals surface area contributed by atoms with Crippen molar-refractivity contribution >= 4 is 0 Å². The van der Waals surface area contributed by atoms with E-state index in [9.17, 15) is 9.50 Å². The van der Waals surface area contributed by atoms with E-state index in [1.807, 2.05) is 6.07 Å². The maximum atomic E-state index is 13.9. The minimum absolute atomic E-state index is 0.0644. The van der Waals surface area contributed by atoms with E-state index in [1.165, 1.54) is 6.07 Å². The van der Waals surface area contributed by atoms with Gasteiger partial charge in [0.2, 0.25) is 0 Å². The number of nitrogens with one attached hydrogen (secondary N) is 1. The second-order valence-electron chi connectivity index (χ2n) is 5.90. The zero-order valence-corrected chi connectivity index (χ0v) is 11.8. The fourth-order valence-electron chi connectivity index (χ4n) is 2.71. The van der Waals surface area contributed by atoms with Gasteiger partial charge in [0.1, 0.15) is 11.9 Å². The Morgan fingerprint density at radius 1 is 1.45 bits per heavy atom. The predicted octanol–water partition coefficient (Wildman–Crippen LogP) is 2.73. The van der Waals surface area contributed by atoms with Gasteiger partial charge in [0.05, 0.1) is 11.2 Å². The molecule has 108 valence electrons. The number of rotatable bonds is 4. The van der Waals surface area contributed by atoms with Crippen LogP contribution in [0.5, 0.6) is 0 Å². The highest BCUT2D eigenvalue weighted by Gasteiger charge is 2.31. The summed E-state index contributed by atoms with van der Waals surface area (Å²) < 4.78 is 13.9. The van der Waals surface area contributed by atoms with Gasteiger partial charge in [-0.1, -0.05) is 19.1 Å². The Bertz CT molecular complexity index is 502. The number of hydrogen-bond acceptors (Lipinski definition) is 3. The molecule has 3 nitrogen and oxygen atoms in total. The summed E-state index contributed by atoms with van der Waals surface area (Å²) in [7, 11) is 0. The SMILES string of the molecule is CC1CCC(O)(CNCc2cccc(C#N)c2F)CC1. The Hall–Kier alpha value is -1.44. The first-order chi connectivity index (χ1) is 9.54. The Morgan fingerprint density at radius 3 is 2.80 bits per heavy atom. The third-order valence-electron chi connectivity index (χ3n) is 4.17. The van der Waals surface area contributed by atoms with Crippen LogP contribution >= 0.6 is 0 Å². The van der Waals surface area contributed by atoms with Gasteiger partial charge in [-0.25, -0.2) is 4.39 Å². The summed E-state index contributed by atoms with van der Waals surface area (Å²) >= 11 is 0. The largest absolute Gasteiger partial charge is 0.389 e. The lowest BCUT2D eigenvalue weighted by atomic mass is 9.79. The summed E-state index contributed by atoms with van der Waals surface area (Å²) in [5.74, 6) is 0.215. The molecule has 0 atom stereocenters. The van der Waals surface area contributed by atoms with Crippen molar-refractivity contribution in [3.05, 3.63) is 35.1 Å². The third-order valence-corrected chi connectivity index (χ3v) is 4.17. The van der Waals surface area contributed by atoms with Gasteiger partial charge in [-0.2, -0.15) is 5.26 Å². The van der Waals surface area contributed by atoms with Crippen molar-refractivity contribution in [1.82, 2.24) is 5.32 Å². The third kappa shape index (κ3) is 3.56. The maximum Gasteiger partial charge on any atom is 0.145 e. The summed E-state index contributed by atoms with van der Waals surface area (Å²) in [5, 5.41) is 22.3. The van der Waals surface area contributed by atoms with E-state index >= 15 is 0 Å². The molecule has 0 amide bonds. The molecule has 1 aromatic carbocycles. The van der Waals surface area contributed by atoms with E-state index in [2.05, 4.69) is 12.2 Å². The van der Waals surface area contributed by atoms with Crippen LogP contribution in [0.4, 0.5) is 4.39 Å². The number of hydrogen-bond donors (Lipinski definition) is 2. The van der Waals surface area contributed by atoms with Crippen molar-refractivity contribution in [3.63, 3.8) is 0 Å². The van der Waals surface area contributed by atoms with Gasteiger partial charge >= 0.3 is 0 Å². The Labute approximate surface area is 119 Å². The lowest BCUT2D eigenvalue weighted by molar-refractivity contribution is -0.00635. The minimum Gasteiger partial charge on any atom is -0.389 e. The molecule has 2 N–H and O–H groups in total. The zero-order valence-electron chi connectivity index (χ0n) is 11.8. The van der Waals surface area contributed by atoms with Gasteiger partial charge in [-0.3, -0.25) is 0 Å². The van der Waals surface area contributed by atoms with Gasteiger partial charge in [0.25, 0.3) is 0 Å². The summed E-state index contributed by atoms with van der Waals surface area (Å²) in [6.07, 6.45) is 3.66. The van der Waals surface area contributed by atoms with Crippen molar-refractivity contribution in [3.8, 4) is 6.07 Å². The van der Waals surface area contributed by atoms with Gasteiger partial charge in [-0.05, 0) is 37.7 Å². The molecule has 0 aromatic heterocycles. The number of benzene rings is 1. The van der Waals surface area contributed by atoms with Crippen molar-refractivity contribution in [1.29, 1.82) is 5.26 Å². The van der Waals surface area contributed by atoms with Crippen LogP contribution < -0.4 is 5.32 Å². The first-order valence-corrected chi connectivity index (χ1v) is 7.15. The molecule has 0 aliphatic heterocycles. The summed E-state index contributed by atoms with van der Waals surface area (Å²) in [6.45, 7) is 3.00. The molecular weight excluding hydrogens is 255 g/mol. The molecule has 1 fully saturated rings. The Balaban J connectivity index is 1.89. The minimum atomic E-state index is -0.671. The molecule has 0 spiro atoms. The lowest BCUT2D eigenvalue weighted by Gasteiger charge is -2.35. The van der Waals surface area contributed by atoms with E-state index in [1.54, 1.807) is 12.1 Å². The molecule has 20 heavy (non-hydrogen) atoms. The molecule has 4 heteroatoms. The van der Waals surface area contributed by atoms with Gasteiger partial charge in [0.15, 0.2) is 0 Å². The fourth-order valence-corrected chi connectivity index (χ4v) is 2.71. The molecule has 1 aromatic rings. The predicted molar refractivity (Wildman–Crippen MR) is 75.4 cm³/mol. The standard InChI is InChI=1S/C16H21FN2O/c1-12-5-7-16(20,8-6-12)11-19-10-14-4-2-3-13(9-18)15(14)17/h2-4,12,19-20H,5-8,10-11H2,1H3. The summed E-state index contributed by atoms with van der Waals surface area (Å²) in [6, 6.07) is 6.64. The van der Waals surface area contributed by atoms with Crippen LogP contribution in [0.1, 0.15) is 43.7 Å². The highest BCUT2D eigenvalue weighted by Crippen LogP contribution is 2.31. The first-order valence-electron chi connectivity index (χ1n) is 7.15. The average molecular weight is 276 g/mol. The van der Waals surface area contributed by atoms with E-state index in [0.29, 0.717) is 24.6 Å². The van der Waals surface area contributed by atoms with Gasteiger partial charge < -0.3 is 10.4 Å². The average Bonchev–Trinajstić information content (AvgIpc) is 2.44. The normalized spacial score (nSPS) is 26.2. The summed E-state index contributed by atoms with van der Waals surface area (Å²) in [4.78, 5) is 0. The highest BCUT2D eigenvalue weighted by atomic mass is 19.1. The molecule has 0 radical (unpaired) electrons. The lowest BCUT2D eigenvalue weighted by Crippen LogP contribution is -2.43. The van der Waals surface area contributed by atoms with E-state index in [0.717, 1.165) is 25.7 Å². The van der Waals surface area contributed by atoms with Crippen LogP contribution in [-0.2, 0) is 6.54 Å². The van der Waals surface area contributed by atoms with Crippen LogP contribution in [0.15, 0.2) is 18.2 Å². The number of aliphatic hydroxyl groups is 1. The molecular formula is C16H21FN2O. The molecule has 1 saturated carbocycles.